The van der Waals surface area contributed by atoms with Gasteiger partial charge in [0.05, 0.1) is 19.3 Å². The van der Waals surface area contributed by atoms with Gasteiger partial charge in [0.2, 0.25) is 0 Å². The largest absolute Gasteiger partial charge is 0.372 e. The molecule has 1 aromatic carbocycles. The van der Waals surface area contributed by atoms with Crippen LogP contribution in [0.25, 0.3) is 0 Å². The molecule has 0 radical (unpaired) electrons. The van der Waals surface area contributed by atoms with E-state index in [0.717, 1.165) is 30.5 Å². The topological polar surface area (TPSA) is 33.6 Å². The zero-order chi connectivity index (χ0) is 12.5. The van der Waals surface area contributed by atoms with E-state index in [9.17, 15) is 0 Å². The Morgan fingerprint density at radius 2 is 2.11 bits per heavy atom. The minimum atomic E-state index is 0.418. The summed E-state index contributed by atoms with van der Waals surface area (Å²) in [6.07, 6.45) is 1.16. The van der Waals surface area contributed by atoms with Crippen LogP contribution in [0.5, 0.6) is 0 Å². The smallest absolute Gasteiger partial charge is 0.161 e. The highest BCUT2D eigenvalue weighted by Crippen LogP contribution is 2.28. The van der Waals surface area contributed by atoms with Crippen molar-refractivity contribution in [3.05, 3.63) is 29.3 Å². The highest BCUT2D eigenvalue weighted by Gasteiger charge is 2.19. The summed E-state index contributed by atoms with van der Waals surface area (Å²) in [6, 6.07) is 6.85. The van der Waals surface area contributed by atoms with Crippen LogP contribution < -0.4 is 5.32 Å². The number of nitrogens with one attached hydrogen (secondary N) is 1. The van der Waals surface area contributed by atoms with Gasteiger partial charge in [-0.25, -0.2) is 0 Å². The zero-order valence-corrected chi connectivity index (χ0v) is 11.6. The van der Waals surface area contributed by atoms with E-state index in [1.165, 1.54) is 11.1 Å². The van der Waals surface area contributed by atoms with Crippen LogP contribution in [0.4, 0.5) is 5.69 Å². The SMILES string of the molecule is CC1CC(C)SC(Nc2ccc3c(c2)COC3)=N1. The van der Waals surface area contributed by atoms with Gasteiger partial charge in [0.15, 0.2) is 5.17 Å². The molecule has 0 bridgehead atoms. The molecular formula is C14H18N2OS. The van der Waals surface area contributed by atoms with Crippen LogP contribution >= 0.6 is 11.8 Å². The van der Waals surface area contributed by atoms with E-state index in [-0.39, 0.29) is 0 Å². The summed E-state index contributed by atoms with van der Waals surface area (Å²) in [6.45, 7) is 5.92. The number of hydrogen-bond acceptors (Lipinski definition) is 4. The van der Waals surface area contributed by atoms with Crippen molar-refractivity contribution >= 4 is 22.6 Å². The molecule has 18 heavy (non-hydrogen) atoms. The predicted molar refractivity (Wildman–Crippen MR) is 77.1 cm³/mol. The van der Waals surface area contributed by atoms with Gasteiger partial charge in [-0.05, 0) is 36.6 Å². The fraction of sp³-hybridized carbons (Fsp3) is 0.500. The first-order valence-corrected chi connectivity index (χ1v) is 7.29. The van der Waals surface area contributed by atoms with E-state index in [2.05, 4.69) is 42.4 Å². The van der Waals surface area contributed by atoms with Gasteiger partial charge in [0.1, 0.15) is 0 Å². The van der Waals surface area contributed by atoms with Crippen molar-refractivity contribution in [2.24, 2.45) is 4.99 Å². The molecule has 2 heterocycles. The third-order valence-electron chi connectivity index (χ3n) is 3.30. The van der Waals surface area contributed by atoms with Gasteiger partial charge >= 0.3 is 0 Å². The van der Waals surface area contributed by atoms with Gasteiger partial charge < -0.3 is 10.1 Å². The molecule has 0 fully saturated rings. The van der Waals surface area contributed by atoms with E-state index in [1.807, 2.05) is 11.8 Å². The average Bonchev–Trinajstić information content (AvgIpc) is 2.74. The summed E-state index contributed by atoms with van der Waals surface area (Å²) >= 11 is 1.83. The molecule has 2 atom stereocenters. The quantitative estimate of drug-likeness (QED) is 0.842. The summed E-state index contributed by atoms with van der Waals surface area (Å²) in [5, 5.41) is 5.11. The van der Waals surface area contributed by atoms with Crippen LogP contribution in [0.15, 0.2) is 23.2 Å². The molecule has 2 aliphatic rings. The minimum absolute atomic E-state index is 0.418. The fourth-order valence-electron chi connectivity index (χ4n) is 2.44. The maximum atomic E-state index is 5.43. The van der Waals surface area contributed by atoms with Crippen molar-refractivity contribution in [3.8, 4) is 0 Å². The van der Waals surface area contributed by atoms with Gasteiger partial charge in [-0.1, -0.05) is 24.8 Å². The second-order valence-electron chi connectivity index (χ2n) is 5.05. The number of benzene rings is 1. The Bertz CT molecular complexity index is 487. The summed E-state index contributed by atoms with van der Waals surface area (Å²) in [4.78, 5) is 4.66. The first kappa shape index (κ1) is 12.1. The molecule has 0 spiro atoms. The Hall–Kier alpha value is -1.00. The summed E-state index contributed by atoms with van der Waals surface area (Å²) in [7, 11) is 0. The maximum Gasteiger partial charge on any atom is 0.161 e. The monoisotopic (exact) mass is 262 g/mol. The molecular weight excluding hydrogens is 244 g/mol. The molecule has 1 N–H and O–H groups in total. The number of nitrogens with zero attached hydrogens (tertiary/aromatic N) is 1. The molecule has 3 rings (SSSR count). The number of hydrogen-bond donors (Lipinski definition) is 1. The number of fused-ring (bicyclic) bond motifs is 1. The third-order valence-corrected chi connectivity index (χ3v) is 4.32. The Morgan fingerprint density at radius 3 is 2.94 bits per heavy atom. The van der Waals surface area contributed by atoms with E-state index in [4.69, 9.17) is 4.74 Å². The van der Waals surface area contributed by atoms with Crippen LogP contribution in [0.1, 0.15) is 31.4 Å². The molecule has 0 aromatic heterocycles. The fourth-order valence-corrected chi connectivity index (χ4v) is 3.61. The first-order chi connectivity index (χ1) is 8.70. The summed E-state index contributed by atoms with van der Waals surface area (Å²) < 4.78 is 5.43. The number of aliphatic imine (C=N–C) groups is 1. The number of thioether (sulfide) groups is 1. The number of amidine groups is 1. The normalized spacial score (nSPS) is 26.7. The molecule has 0 aliphatic carbocycles. The molecule has 0 saturated heterocycles. The van der Waals surface area contributed by atoms with Gasteiger partial charge in [-0.3, -0.25) is 4.99 Å². The lowest BCUT2D eigenvalue weighted by Crippen LogP contribution is -2.22. The average molecular weight is 262 g/mol. The molecule has 0 amide bonds. The molecule has 1 aromatic rings. The maximum absolute atomic E-state index is 5.43. The van der Waals surface area contributed by atoms with Crippen molar-refractivity contribution in [2.75, 3.05) is 5.32 Å². The van der Waals surface area contributed by atoms with E-state index >= 15 is 0 Å². The van der Waals surface area contributed by atoms with Crippen LogP contribution in [0, 0.1) is 0 Å². The molecule has 0 saturated carbocycles. The lowest BCUT2D eigenvalue weighted by molar-refractivity contribution is 0.134. The van der Waals surface area contributed by atoms with Crippen LogP contribution in [0.2, 0.25) is 0 Å². The number of rotatable bonds is 1. The van der Waals surface area contributed by atoms with Crippen molar-refractivity contribution in [1.82, 2.24) is 0 Å². The highest BCUT2D eigenvalue weighted by atomic mass is 32.2. The number of anilines is 1. The van der Waals surface area contributed by atoms with Crippen molar-refractivity contribution in [1.29, 1.82) is 0 Å². The third kappa shape index (κ3) is 2.54. The lowest BCUT2D eigenvalue weighted by Gasteiger charge is -2.23. The van der Waals surface area contributed by atoms with Gasteiger partial charge in [0.25, 0.3) is 0 Å². The predicted octanol–water partition coefficient (Wildman–Crippen LogP) is 3.40. The Kier molecular flexibility index (Phi) is 3.31. The van der Waals surface area contributed by atoms with Gasteiger partial charge in [-0.15, -0.1) is 0 Å². The Labute approximate surface area is 112 Å². The molecule has 3 nitrogen and oxygen atoms in total. The van der Waals surface area contributed by atoms with Crippen molar-refractivity contribution in [2.45, 2.75) is 44.8 Å². The van der Waals surface area contributed by atoms with Gasteiger partial charge in [0, 0.05) is 10.9 Å². The molecule has 2 aliphatic heterocycles. The first-order valence-electron chi connectivity index (χ1n) is 6.42. The Balaban J connectivity index is 1.76. The second kappa shape index (κ2) is 4.94. The van der Waals surface area contributed by atoms with E-state index in [1.54, 1.807) is 0 Å². The zero-order valence-electron chi connectivity index (χ0n) is 10.8. The van der Waals surface area contributed by atoms with Crippen molar-refractivity contribution in [3.63, 3.8) is 0 Å². The Morgan fingerprint density at radius 1 is 1.28 bits per heavy atom. The van der Waals surface area contributed by atoms with E-state index in [0.29, 0.717) is 11.3 Å². The lowest BCUT2D eigenvalue weighted by atomic mass is 10.1. The number of ether oxygens (including phenoxy) is 1. The molecule has 2 unspecified atom stereocenters. The van der Waals surface area contributed by atoms with E-state index < -0.39 is 0 Å². The van der Waals surface area contributed by atoms with Crippen LogP contribution in [0.3, 0.4) is 0 Å². The summed E-state index contributed by atoms with van der Waals surface area (Å²) in [5.74, 6) is 0. The standard InChI is InChI=1S/C14H18N2OS/c1-9-5-10(2)18-14(15-9)16-13-4-3-11-7-17-8-12(11)6-13/h3-4,6,9-10H,5,7-8H2,1-2H3,(H,15,16). The summed E-state index contributed by atoms with van der Waals surface area (Å²) in [5.41, 5.74) is 3.72. The molecule has 4 heteroatoms. The highest BCUT2D eigenvalue weighted by molar-refractivity contribution is 8.14. The van der Waals surface area contributed by atoms with Crippen LogP contribution in [-0.4, -0.2) is 16.5 Å². The minimum Gasteiger partial charge on any atom is -0.372 e. The molecule has 96 valence electrons. The second-order valence-corrected chi connectivity index (χ2v) is 6.48. The van der Waals surface area contributed by atoms with Gasteiger partial charge in [-0.2, -0.15) is 0 Å². The van der Waals surface area contributed by atoms with Crippen LogP contribution in [-0.2, 0) is 18.0 Å². The van der Waals surface area contributed by atoms with Crippen molar-refractivity contribution < 1.29 is 4.74 Å².